The minimum atomic E-state index is -0.344. The minimum Gasteiger partial charge on any atom is -0.356 e. The van der Waals surface area contributed by atoms with E-state index in [1.54, 1.807) is 36.4 Å². The standard InChI is InChI=1S/C33H26N4O2S/c38-31(25-17-15-24(16-18-25)23-9-3-1-4-10-23)37-33(40)36-30-14-8-7-13-29(30)32(39)35-28-21-19-27(20-22-28)34-26-11-5-2-6-12-26/h1-22,34H,(H,35,39)(H2,36,37,38,40). The van der Waals surface area contributed by atoms with Crippen LogP contribution in [0, 0.1) is 0 Å². The van der Waals surface area contributed by atoms with Gasteiger partial charge >= 0.3 is 0 Å². The lowest BCUT2D eigenvalue weighted by atomic mass is 10.0. The van der Waals surface area contributed by atoms with Crippen LogP contribution in [0.1, 0.15) is 20.7 Å². The molecular weight excluding hydrogens is 516 g/mol. The molecule has 5 aromatic rings. The molecule has 0 aliphatic carbocycles. The molecule has 5 rings (SSSR count). The first-order valence-corrected chi connectivity index (χ1v) is 13.1. The number of hydrogen-bond donors (Lipinski definition) is 4. The number of nitrogens with one attached hydrogen (secondary N) is 4. The summed E-state index contributed by atoms with van der Waals surface area (Å²) in [5, 5.41) is 12.0. The maximum absolute atomic E-state index is 13.1. The molecule has 0 aliphatic heterocycles. The molecule has 6 nitrogen and oxygen atoms in total. The van der Waals surface area contributed by atoms with Crippen molar-refractivity contribution in [1.82, 2.24) is 5.32 Å². The largest absolute Gasteiger partial charge is 0.356 e. The summed E-state index contributed by atoms with van der Waals surface area (Å²) in [7, 11) is 0. The van der Waals surface area contributed by atoms with Crippen molar-refractivity contribution in [2.45, 2.75) is 0 Å². The Balaban J connectivity index is 1.19. The number of hydrogen-bond acceptors (Lipinski definition) is 4. The molecule has 0 saturated heterocycles. The third-order valence-electron chi connectivity index (χ3n) is 6.11. The van der Waals surface area contributed by atoms with Crippen LogP contribution in [0.5, 0.6) is 0 Å². The zero-order chi connectivity index (χ0) is 27.7. The van der Waals surface area contributed by atoms with Crippen LogP contribution in [0.25, 0.3) is 11.1 Å². The molecule has 196 valence electrons. The highest BCUT2D eigenvalue weighted by Gasteiger charge is 2.14. The minimum absolute atomic E-state index is 0.0914. The van der Waals surface area contributed by atoms with Crippen molar-refractivity contribution in [3.8, 4) is 11.1 Å². The first-order valence-electron chi connectivity index (χ1n) is 12.7. The van der Waals surface area contributed by atoms with E-state index in [0.29, 0.717) is 22.5 Å². The Morgan fingerprint density at radius 1 is 0.500 bits per heavy atom. The lowest BCUT2D eigenvalue weighted by molar-refractivity contribution is 0.0976. The monoisotopic (exact) mass is 542 g/mol. The molecule has 40 heavy (non-hydrogen) atoms. The second kappa shape index (κ2) is 12.5. The fraction of sp³-hybridized carbons (Fsp3) is 0. The first-order chi connectivity index (χ1) is 19.5. The average Bonchev–Trinajstić information content (AvgIpc) is 2.99. The molecule has 0 spiro atoms. The zero-order valence-corrected chi connectivity index (χ0v) is 22.2. The third kappa shape index (κ3) is 6.78. The highest BCUT2D eigenvalue weighted by molar-refractivity contribution is 7.80. The van der Waals surface area contributed by atoms with Gasteiger partial charge in [-0.25, -0.2) is 0 Å². The van der Waals surface area contributed by atoms with E-state index in [2.05, 4.69) is 21.3 Å². The number of benzene rings is 5. The van der Waals surface area contributed by atoms with E-state index in [4.69, 9.17) is 12.2 Å². The number of amides is 2. The molecule has 0 radical (unpaired) electrons. The summed E-state index contributed by atoms with van der Waals surface area (Å²) in [4.78, 5) is 25.9. The van der Waals surface area contributed by atoms with Gasteiger partial charge in [-0.2, -0.15) is 0 Å². The zero-order valence-electron chi connectivity index (χ0n) is 21.4. The normalized spacial score (nSPS) is 10.3. The summed E-state index contributed by atoms with van der Waals surface area (Å²) >= 11 is 5.38. The molecule has 4 N–H and O–H groups in total. The van der Waals surface area contributed by atoms with Crippen molar-refractivity contribution in [3.63, 3.8) is 0 Å². The molecule has 0 unspecified atom stereocenters. The van der Waals surface area contributed by atoms with Gasteiger partial charge in [0.1, 0.15) is 0 Å². The topological polar surface area (TPSA) is 82.3 Å². The molecule has 0 heterocycles. The Morgan fingerprint density at radius 3 is 1.75 bits per heavy atom. The summed E-state index contributed by atoms with van der Waals surface area (Å²) < 4.78 is 0. The first kappa shape index (κ1) is 26.3. The maximum atomic E-state index is 13.1. The van der Waals surface area contributed by atoms with Crippen molar-refractivity contribution in [2.24, 2.45) is 0 Å². The summed E-state index contributed by atoms with van der Waals surface area (Å²) in [6, 6.07) is 41.5. The Labute approximate surface area is 238 Å². The molecule has 5 aromatic carbocycles. The smallest absolute Gasteiger partial charge is 0.257 e. The van der Waals surface area contributed by atoms with Gasteiger partial charge < -0.3 is 16.0 Å². The molecule has 0 saturated carbocycles. The van der Waals surface area contributed by atoms with Crippen molar-refractivity contribution in [1.29, 1.82) is 0 Å². The number of carbonyl (C=O) groups excluding carboxylic acids is 2. The van der Waals surface area contributed by atoms with Crippen LogP contribution in [0.2, 0.25) is 0 Å². The fourth-order valence-corrected chi connectivity index (χ4v) is 4.29. The van der Waals surface area contributed by atoms with Crippen LogP contribution in [0.3, 0.4) is 0 Å². The second-order valence-corrected chi connectivity index (χ2v) is 9.33. The third-order valence-corrected chi connectivity index (χ3v) is 6.31. The molecule has 0 bridgehead atoms. The van der Waals surface area contributed by atoms with Crippen molar-refractivity contribution in [3.05, 3.63) is 145 Å². The number of anilines is 4. The molecule has 0 aromatic heterocycles. The molecule has 0 atom stereocenters. The van der Waals surface area contributed by atoms with Crippen LogP contribution in [0.4, 0.5) is 22.7 Å². The lowest BCUT2D eigenvalue weighted by Gasteiger charge is -2.14. The van der Waals surface area contributed by atoms with Gasteiger partial charge in [0.2, 0.25) is 0 Å². The quantitative estimate of drug-likeness (QED) is 0.160. The van der Waals surface area contributed by atoms with Crippen molar-refractivity contribution >= 4 is 51.9 Å². The van der Waals surface area contributed by atoms with Crippen molar-refractivity contribution < 1.29 is 9.59 Å². The Bertz CT molecular complexity index is 1620. The van der Waals surface area contributed by atoms with E-state index in [0.717, 1.165) is 22.5 Å². The van der Waals surface area contributed by atoms with E-state index >= 15 is 0 Å². The fourth-order valence-electron chi connectivity index (χ4n) is 4.09. The summed E-state index contributed by atoms with van der Waals surface area (Å²) in [6.45, 7) is 0. The molecular formula is C33H26N4O2S. The summed E-state index contributed by atoms with van der Waals surface area (Å²) in [5.41, 5.74) is 5.95. The number of para-hydroxylation sites is 2. The Kier molecular flexibility index (Phi) is 8.24. The van der Waals surface area contributed by atoms with Gasteiger partial charge in [0, 0.05) is 22.6 Å². The highest BCUT2D eigenvalue weighted by Crippen LogP contribution is 2.22. The van der Waals surface area contributed by atoms with Gasteiger partial charge in [-0.1, -0.05) is 72.8 Å². The SMILES string of the molecule is O=C(NC(=S)Nc1ccccc1C(=O)Nc1ccc(Nc2ccccc2)cc1)c1ccc(-c2ccccc2)cc1. The maximum Gasteiger partial charge on any atom is 0.257 e. The Hall–Kier alpha value is -5.27. The number of thiocarbonyl (C=S) groups is 1. The van der Waals surface area contributed by atoms with Crippen molar-refractivity contribution in [2.75, 3.05) is 16.0 Å². The van der Waals surface area contributed by atoms with E-state index in [1.165, 1.54) is 0 Å². The van der Waals surface area contributed by atoms with Gasteiger partial charge in [-0.05, 0) is 84.0 Å². The lowest BCUT2D eigenvalue weighted by Crippen LogP contribution is -2.34. The van der Waals surface area contributed by atoms with Gasteiger partial charge in [-0.15, -0.1) is 0 Å². The average molecular weight is 543 g/mol. The van der Waals surface area contributed by atoms with Gasteiger partial charge in [0.25, 0.3) is 11.8 Å². The van der Waals surface area contributed by atoms with Gasteiger partial charge in [0.15, 0.2) is 5.11 Å². The van der Waals surface area contributed by atoms with Crippen LogP contribution in [-0.4, -0.2) is 16.9 Å². The van der Waals surface area contributed by atoms with E-state index in [1.807, 2.05) is 97.1 Å². The second-order valence-electron chi connectivity index (χ2n) is 8.92. The molecule has 2 amide bonds. The van der Waals surface area contributed by atoms with E-state index in [9.17, 15) is 9.59 Å². The van der Waals surface area contributed by atoms with Crippen LogP contribution in [0.15, 0.2) is 133 Å². The van der Waals surface area contributed by atoms with Crippen LogP contribution in [-0.2, 0) is 0 Å². The highest BCUT2D eigenvalue weighted by atomic mass is 32.1. The van der Waals surface area contributed by atoms with Crippen LogP contribution < -0.4 is 21.3 Å². The van der Waals surface area contributed by atoms with E-state index < -0.39 is 0 Å². The van der Waals surface area contributed by atoms with Crippen LogP contribution >= 0.6 is 12.2 Å². The van der Waals surface area contributed by atoms with Gasteiger partial charge in [0.05, 0.1) is 11.3 Å². The summed E-state index contributed by atoms with van der Waals surface area (Å²) in [5.74, 6) is -0.652. The number of rotatable bonds is 7. The van der Waals surface area contributed by atoms with Gasteiger partial charge in [-0.3, -0.25) is 14.9 Å². The predicted octanol–water partition coefficient (Wildman–Crippen LogP) is 7.48. The number of carbonyl (C=O) groups is 2. The summed E-state index contributed by atoms with van der Waals surface area (Å²) in [6.07, 6.45) is 0. The predicted molar refractivity (Wildman–Crippen MR) is 166 cm³/mol. The molecule has 7 heteroatoms. The molecule has 0 fully saturated rings. The Morgan fingerprint density at radius 2 is 1.05 bits per heavy atom. The van der Waals surface area contributed by atoms with E-state index in [-0.39, 0.29) is 16.9 Å². The molecule has 0 aliphatic rings.